The van der Waals surface area contributed by atoms with E-state index in [1.807, 2.05) is 44.2 Å². The Balaban J connectivity index is 1.87. The second-order valence-corrected chi connectivity index (χ2v) is 10.5. The van der Waals surface area contributed by atoms with Crippen molar-refractivity contribution < 1.29 is 27.5 Å². The minimum atomic E-state index is -3.82. The number of nitrogens with zero attached hydrogens (tertiary/aromatic N) is 2. The minimum Gasteiger partial charge on any atom is -0.454 e. The Morgan fingerprint density at radius 3 is 2.35 bits per heavy atom. The molecule has 184 valence electrons. The SMILES string of the molecule is CC(C)CNC(=O)C(C)N(Cc1ccccc1)C(=O)CN(c1ccc2c(c1)OCO2)S(C)(=O)=O. The summed E-state index contributed by atoms with van der Waals surface area (Å²) in [5.41, 5.74) is 1.10. The van der Waals surface area contributed by atoms with Gasteiger partial charge in [0.2, 0.25) is 28.6 Å². The van der Waals surface area contributed by atoms with Crippen LogP contribution in [-0.4, -0.2) is 57.3 Å². The average Bonchev–Trinajstić information content (AvgIpc) is 3.26. The molecule has 0 radical (unpaired) electrons. The summed E-state index contributed by atoms with van der Waals surface area (Å²) in [4.78, 5) is 27.7. The lowest BCUT2D eigenvalue weighted by Gasteiger charge is -2.31. The van der Waals surface area contributed by atoms with Gasteiger partial charge in [0.05, 0.1) is 11.9 Å². The van der Waals surface area contributed by atoms with Gasteiger partial charge in [0, 0.05) is 19.2 Å². The maximum Gasteiger partial charge on any atom is 0.244 e. The highest BCUT2D eigenvalue weighted by Gasteiger charge is 2.30. The number of rotatable bonds is 10. The van der Waals surface area contributed by atoms with E-state index < -0.39 is 28.5 Å². The third-order valence-electron chi connectivity index (χ3n) is 5.37. The molecule has 1 atom stereocenters. The summed E-state index contributed by atoms with van der Waals surface area (Å²) in [6.07, 6.45) is 1.03. The molecule has 3 rings (SSSR count). The quantitative estimate of drug-likeness (QED) is 0.549. The number of hydrogen-bond donors (Lipinski definition) is 1. The number of nitrogens with one attached hydrogen (secondary N) is 1. The number of carbonyl (C=O) groups is 2. The molecule has 0 saturated heterocycles. The van der Waals surface area contributed by atoms with Crippen LogP contribution in [0.5, 0.6) is 11.5 Å². The monoisotopic (exact) mass is 489 g/mol. The van der Waals surface area contributed by atoms with Gasteiger partial charge in [0.25, 0.3) is 0 Å². The van der Waals surface area contributed by atoms with Gasteiger partial charge in [-0.15, -0.1) is 0 Å². The second-order valence-electron chi connectivity index (χ2n) is 8.63. The van der Waals surface area contributed by atoms with Gasteiger partial charge in [-0.1, -0.05) is 44.2 Å². The molecule has 0 saturated carbocycles. The predicted molar refractivity (Wildman–Crippen MR) is 129 cm³/mol. The van der Waals surface area contributed by atoms with Crippen molar-refractivity contribution in [3.63, 3.8) is 0 Å². The molecular formula is C24H31N3O6S. The van der Waals surface area contributed by atoms with E-state index in [1.165, 1.54) is 11.0 Å². The standard InChI is InChI=1S/C24H31N3O6S/c1-17(2)13-25-24(29)18(3)26(14-19-8-6-5-7-9-19)23(28)15-27(34(4,30)31)20-10-11-21-22(12-20)33-16-32-21/h5-12,17-18H,13-16H2,1-4H3,(H,25,29). The smallest absolute Gasteiger partial charge is 0.244 e. The fraction of sp³-hybridized carbons (Fsp3) is 0.417. The molecule has 1 unspecified atom stereocenters. The predicted octanol–water partition coefficient (Wildman–Crippen LogP) is 2.37. The summed E-state index contributed by atoms with van der Waals surface area (Å²) < 4.78 is 36.9. The van der Waals surface area contributed by atoms with Crippen LogP contribution in [0, 0.1) is 5.92 Å². The number of benzene rings is 2. The van der Waals surface area contributed by atoms with Gasteiger partial charge in [0.15, 0.2) is 11.5 Å². The molecular weight excluding hydrogens is 458 g/mol. The third kappa shape index (κ3) is 6.40. The van der Waals surface area contributed by atoms with Crippen molar-refractivity contribution in [1.82, 2.24) is 10.2 Å². The number of hydrogen-bond acceptors (Lipinski definition) is 6. The van der Waals surface area contributed by atoms with Crippen molar-refractivity contribution in [2.24, 2.45) is 5.92 Å². The van der Waals surface area contributed by atoms with Gasteiger partial charge in [0.1, 0.15) is 12.6 Å². The highest BCUT2D eigenvalue weighted by Crippen LogP contribution is 2.36. The lowest BCUT2D eigenvalue weighted by atomic mass is 10.1. The summed E-state index contributed by atoms with van der Waals surface area (Å²) in [6.45, 7) is 5.82. The van der Waals surface area contributed by atoms with Crippen molar-refractivity contribution in [2.75, 3.05) is 30.4 Å². The van der Waals surface area contributed by atoms with Crippen molar-refractivity contribution in [2.45, 2.75) is 33.4 Å². The summed E-state index contributed by atoms with van der Waals surface area (Å²) in [5.74, 6) is 0.359. The molecule has 1 aliphatic rings. The highest BCUT2D eigenvalue weighted by atomic mass is 32.2. The van der Waals surface area contributed by atoms with E-state index >= 15 is 0 Å². The summed E-state index contributed by atoms with van der Waals surface area (Å²) in [7, 11) is -3.82. The Hall–Kier alpha value is -3.27. The Kier molecular flexibility index (Phi) is 8.03. The van der Waals surface area contributed by atoms with E-state index in [9.17, 15) is 18.0 Å². The van der Waals surface area contributed by atoms with Crippen molar-refractivity contribution in [1.29, 1.82) is 0 Å². The van der Waals surface area contributed by atoms with Gasteiger partial charge in [-0.05, 0) is 30.5 Å². The van der Waals surface area contributed by atoms with Crippen LogP contribution >= 0.6 is 0 Å². The van der Waals surface area contributed by atoms with Gasteiger partial charge in [-0.3, -0.25) is 13.9 Å². The van der Waals surface area contributed by atoms with Gasteiger partial charge >= 0.3 is 0 Å². The van der Waals surface area contributed by atoms with E-state index in [1.54, 1.807) is 19.1 Å². The first-order chi connectivity index (χ1) is 16.1. The van der Waals surface area contributed by atoms with Crippen LogP contribution in [0.4, 0.5) is 5.69 Å². The minimum absolute atomic E-state index is 0.0461. The zero-order valence-electron chi connectivity index (χ0n) is 19.9. The second kappa shape index (κ2) is 10.8. The number of anilines is 1. The third-order valence-corrected chi connectivity index (χ3v) is 6.51. The molecule has 2 amide bonds. The molecule has 0 fully saturated rings. The number of sulfonamides is 1. The lowest BCUT2D eigenvalue weighted by Crippen LogP contribution is -2.51. The van der Waals surface area contributed by atoms with E-state index in [4.69, 9.17) is 9.47 Å². The Morgan fingerprint density at radius 2 is 1.71 bits per heavy atom. The molecule has 1 heterocycles. The molecule has 2 aromatic rings. The van der Waals surface area contributed by atoms with Crippen molar-refractivity contribution in [3.8, 4) is 11.5 Å². The zero-order chi connectivity index (χ0) is 24.9. The van der Waals surface area contributed by atoms with Crippen LogP contribution < -0.4 is 19.1 Å². The number of amides is 2. The highest BCUT2D eigenvalue weighted by molar-refractivity contribution is 7.92. The maximum atomic E-state index is 13.5. The normalized spacial score (nSPS) is 13.4. The Morgan fingerprint density at radius 1 is 1.03 bits per heavy atom. The fourth-order valence-electron chi connectivity index (χ4n) is 3.47. The maximum absolute atomic E-state index is 13.5. The van der Waals surface area contributed by atoms with Gasteiger partial charge < -0.3 is 19.7 Å². The van der Waals surface area contributed by atoms with Gasteiger partial charge in [-0.2, -0.15) is 0 Å². The topological polar surface area (TPSA) is 105 Å². The first kappa shape index (κ1) is 25.4. The Labute approximate surface area is 200 Å². The van der Waals surface area contributed by atoms with Crippen molar-refractivity contribution >= 4 is 27.5 Å². The van der Waals surface area contributed by atoms with Crippen LogP contribution in [-0.2, 0) is 26.2 Å². The fourth-order valence-corrected chi connectivity index (χ4v) is 4.31. The summed E-state index contributed by atoms with van der Waals surface area (Å²) in [5, 5.41) is 2.85. The molecule has 0 spiro atoms. The molecule has 34 heavy (non-hydrogen) atoms. The van der Waals surface area contributed by atoms with Crippen LogP contribution in [0.3, 0.4) is 0 Å². The molecule has 9 nitrogen and oxygen atoms in total. The molecule has 1 N–H and O–H groups in total. The first-order valence-electron chi connectivity index (χ1n) is 11.0. The van der Waals surface area contributed by atoms with Crippen LogP contribution in [0.25, 0.3) is 0 Å². The molecule has 10 heteroatoms. The number of fused-ring (bicyclic) bond motifs is 1. The summed E-state index contributed by atoms with van der Waals surface area (Å²) in [6, 6.07) is 13.1. The first-order valence-corrected chi connectivity index (χ1v) is 12.9. The Bertz CT molecular complexity index is 1120. The molecule has 2 aromatic carbocycles. The van der Waals surface area contributed by atoms with Crippen LogP contribution in [0.1, 0.15) is 26.3 Å². The zero-order valence-corrected chi connectivity index (χ0v) is 20.7. The van der Waals surface area contributed by atoms with Crippen molar-refractivity contribution in [3.05, 3.63) is 54.1 Å². The van der Waals surface area contributed by atoms with E-state index in [0.717, 1.165) is 16.1 Å². The van der Waals surface area contributed by atoms with Crippen LogP contribution in [0.15, 0.2) is 48.5 Å². The molecule has 1 aliphatic heterocycles. The molecule has 0 aliphatic carbocycles. The van der Waals surface area contributed by atoms with Crippen LogP contribution in [0.2, 0.25) is 0 Å². The average molecular weight is 490 g/mol. The van der Waals surface area contributed by atoms with E-state index in [0.29, 0.717) is 18.0 Å². The van der Waals surface area contributed by atoms with Gasteiger partial charge in [-0.25, -0.2) is 8.42 Å². The number of carbonyl (C=O) groups excluding carboxylic acids is 2. The molecule has 0 aromatic heterocycles. The largest absolute Gasteiger partial charge is 0.454 e. The summed E-state index contributed by atoms with van der Waals surface area (Å²) >= 11 is 0. The lowest BCUT2D eigenvalue weighted by molar-refractivity contribution is -0.139. The molecule has 0 bridgehead atoms. The van der Waals surface area contributed by atoms with E-state index in [2.05, 4.69) is 5.32 Å². The number of ether oxygens (including phenoxy) is 2. The van der Waals surface area contributed by atoms with E-state index in [-0.39, 0.29) is 30.9 Å².